The van der Waals surface area contributed by atoms with Gasteiger partial charge in [-0.3, -0.25) is 4.79 Å². The molecule has 2 aromatic carbocycles. The average Bonchev–Trinajstić information content (AvgIpc) is 2.95. The maximum absolute atomic E-state index is 13.1. The smallest absolute Gasteiger partial charge is 0.243 e. The number of aryl methyl sites for hydroxylation is 1. The molecule has 156 valence electrons. The minimum Gasteiger partial charge on any atom is -0.341 e. The summed E-state index contributed by atoms with van der Waals surface area (Å²) in [5, 5.41) is 0. The van der Waals surface area contributed by atoms with E-state index in [2.05, 4.69) is 12.1 Å². The number of benzene rings is 2. The fourth-order valence-corrected chi connectivity index (χ4v) is 5.63. The van der Waals surface area contributed by atoms with Gasteiger partial charge < -0.3 is 4.90 Å². The first kappa shape index (κ1) is 21.8. The van der Waals surface area contributed by atoms with E-state index in [1.807, 2.05) is 19.1 Å². The predicted octanol–water partition coefficient (Wildman–Crippen LogP) is 3.29. The Balaban J connectivity index is 1.53. The molecule has 29 heavy (non-hydrogen) atoms. The number of rotatable bonds is 6. The molecule has 1 amide bonds. The summed E-state index contributed by atoms with van der Waals surface area (Å²) >= 11 is 1.57. The lowest BCUT2D eigenvalue weighted by Crippen LogP contribution is -2.38. The van der Waals surface area contributed by atoms with Crippen LogP contribution in [0.3, 0.4) is 0 Å². The van der Waals surface area contributed by atoms with Gasteiger partial charge in [0.1, 0.15) is 5.82 Å². The van der Waals surface area contributed by atoms with Crippen LogP contribution in [0.4, 0.5) is 4.39 Å². The predicted molar refractivity (Wildman–Crippen MR) is 114 cm³/mol. The van der Waals surface area contributed by atoms with Gasteiger partial charge in [-0.15, -0.1) is 11.8 Å². The minimum atomic E-state index is -3.68. The van der Waals surface area contributed by atoms with Crippen LogP contribution in [0.5, 0.6) is 0 Å². The molecule has 1 aliphatic rings. The Bertz CT molecular complexity index is 949. The molecule has 0 spiro atoms. The van der Waals surface area contributed by atoms with E-state index in [1.54, 1.807) is 16.7 Å². The number of nitrogens with zero attached hydrogens (tertiary/aromatic N) is 2. The van der Waals surface area contributed by atoms with Crippen molar-refractivity contribution in [1.82, 2.24) is 9.21 Å². The Kier molecular flexibility index (Phi) is 7.32. The van der Waals surface area contributed by atoms with E-state index in [0.29, 0.717) is 31.8 Å². The molecule has 1 heterocycles. The quantitative estimate of drug-likeness (QED) is 0.697. The summed E-state index contributed by atoms with van der Waals surface area (Å²) in [5.41, 5.74) is 2.39. The second-order valence-electron chi connectivity index (χ2n) is 7.07. The second kappa shape index (κ2) is 9.73. The van der Waals surface area contributed by atoms with E-state index in [-0.39, 0.29) is 17.3 Å². The van der Waals surface area contributed by atoms with Crippen molar-refractivity contribution in [1.29, 1.82) is 0 Å². The lowest BCUT2D eigenvalue weighted by atomic mass is 10.2. The molecule has 1 aliphatic heterocycles. The van der Waals surface area contributed by atoms with Crippen molar-refractivity contribution in [2.24, 2.45) is 0 Å². The number of sulfonamides is 1. The topological polar surface area (TPSA) is 57.7 Å². The van der Waals surface area contributed by atoms with Gasteiger partial charge in [-0.05, 0) is 43.2 Å². The van der Waals surface area contributed by atoms with Gasteiger partial charge in [0, 0.05) is 31.9 Å². The van der Waals surface area contributed by atoms with Crippen LogP contribution in [0, 0.1) is 12.7 Å². The molecule has 0 aliphatic carbocycles. The van der Waals surface area contributed by atoms with E-state index in [9.17, 15) is 17.6 Å². The van der Waals surface area contributed by atoms with Gasteiger partial charge in [-0.25, -0.2) is 12.8 Å². The average molecular weight is 437 g/mol. The first-order valence-corrected chi connectivity index (χ1v) is 12.1. The third-order valence-electron chi connectivity index (χ3n) is 4.84. The molecule has 0 bridgehead atoms. The summed E-state index contributed by atoms with van der Waals surface area (Å²) in [6.45, 7) is 3.54. The van der Waals surface area contributed by atoms with Crippen molar-refractivity contribution in [3.63, 3.8) is 0 Å². The van der Waals surface area contributed by atoms with Crippen LogP contribution < -0.4 is 0 Å². The van der Waals surface area contributed by atoms with Gasteiger partial charge in [0.15, 0.2) is 0 Å². The molecular formula is C21H25FN2O3S2. The van der Waals surface area contributed by atoms with Crippen molar-refractivity contribution >= 4 is 27.7 Å². The molecule has 0 atom stereocenters. The number of thioether (sulfide) groups is 1. The normalized spacial score (nSPS) is 15.9. The molecule has 0 unspecified atom stereocenters. The third kappa shape index (κ3) is 5.81. The lowest BCUT2D eigenvalue weighted by molar-refractivity contribution is -0.128. The first-order chi connectivity index (χ1) is 13.9. The summed E-state index contributed by atoms with van der Waals surface area (Å²) in [6, 6.07) is 13.1. The molecule has 1 fully saturated rings. The Hall–Kier alpha value is -1.90. The van der Waals surface area contributed by atoms with Gasteiger partial charge in [0.25, 0.3) is 0 Å². The van der Waals surface area contributed by atoms with E-state index >= 15 is 0 Å². The van der Waals surface area contributed by atoms with Gasteiger partial charge in [-0.2, -0.15) is 4.31 Å². The molecule has 5 nitrogen and oxygen atoms in total. The number of hydrogen-bond donors (Lipinski definition) is 0. The van der Waals surface area contributed by atoms with Gasteiger partial charge in [0.2, 0.25) is 15.9 Å². The van der Waals surface area contributed by atoms with Crippen LogP contribution in [0.1, 0.15) is 17.5 Å². The SMILES string of the molecule is Cc1cccc(CSCC(=O)N2CCCN(S(=O)(=O)c3ccc(F)cc3)CC2)c1. The van der Waals surface area contributed by atoms with Crippen LogP contribution in [-0.4, -0.2) is 55.5 Å². The summed E-state index contributed by atoms with van der Waals surface area (Å²) in [6.07, 6.45) is 0.578. The van der Waals surface area contributed by atoms with Crippen LogP contribution in [0.25, 0.3) is 0 Å². The molecule has 1 saturated heterocycles. The summed E-state index contributed by atoms with van der Waals surface area (Å²) < 4.78 is 40.0. The number of carbonyl (C=O) groups is 1. The van der Waals surface area contributed by atoms with E-state index in [1.165, 1.54) is 27.6 Å². The van der Waals surface area contributed by atoms with E-state index < -0.39 is 15.8 Å². The Morgan fingerprint density at radius 2 is 1.83 bits per heavy atom. The largest absolute Gasteiger partial charge is 0.341 e. The Morgan fingerprint density at radius 3 is 2.55 bits per heavy atom. The molecule has 0 radical (unpaired) electrons. The van der Waals surface area contributed by atoms with Gasteiger partial charge in [-0.1, -0.05) is 29.8 Å². The fraction of sp³-hybridized carbons (Fsp3) is 0.381. The standard InChI is InChI=1S/C21H25FN2O3S2/c1-17-4-2-5-18(14-17)15-28-16-21(25)23-10-3-11-24(13-12-23)29(26,27)20-8-6-19(22)7-9-20/h2,4-9,14H,3,10-13,15-16H2,1H3. The number of hydrogen-bond acceptors (Lipinski definition) is 4. The van der Waals surface area contributed by atoms with Crippen molar-refractivity contribution in [3.8, 4) is 0 Å². The second-order valence-corrected chi connectivity index (χ2v) is 10.00. The van der Waals surface area contributed by atoms with Crippen LogP contribution in [-0.2, 0) is 20.6 Å². The molecule has 2 aromatic rings. The zero-order valence-electron chi connectivity index (χ0n) is 16.4. The molecule has 8 heteroatoms. The van der Waals surface area contributed by atoms with E-state index in [0.717, 1.165) is 17.9 Å². The zero-order valence-corrected chi connectivity index (χ0v) is 18.0. The number of halogens is 1. The fourth-order valence-electron chi connectivity index (χ4n) is 3.29. The van der Waals surface area contributed by atoms with Crippen LogP contribution in [0.2, 0.25) is 0 Å². The number of carbonyl (C=O) groups excluding carboxylic acids is 1. The minimum absolute atomic E-state index is 0.0312. The maximum Gasteiger partial charge on any atom is 0.243 e. The van der Waals surface area contributed by atoms with Crippen LogP contribution >= 0.6 is 11.8 Å². The summed E-state index contributed by atoms with van der Waals surface area (Å²) in [4.78, 5) is 14.4. The summed E-state index contributed by atoms with van der Waals surface area (Å²) in [7, 11) is -3.68. The first-order valence-electron chi connectivity index (χ1n) is 9.53. The van der Waals surface area contributed by atoms with Crippen molar-refractivity contribution in [2.75, 3.05) is 31.9 Å². The molecule has 0 aromatic heterocycles. The Morgan fingerprint density at radius 1 is 1.07 bits per heavy atom. The molecular weight excluding hydrogens is 411 g/mol. The van der Waals surface area contributed by atoms with Crippen molar-refractivity contribution in [2.45, 2.75) is 24.0 Å². The molecule has 3 rings (SSSR count). The summed E-state index contributed by atoms with van der Waals surface area (Å²) in [5.74, 6) is 0.703. The van der Waals surface area contributed by atoms with Gasteiger partial charge in [0.05, 0.1) is 10.6 Å². The highest BCUT2D eigenvalue weighted by molar-refractivity contribution is 7.99. The van der Waals surface area contributed by atoms with Gasteiger partial charge >= 0.3 is 0 Å². The number of amides is 1. The Labute approximate surface area is 175 Å². The third-order valence-corrected chi connectivity index (χ3v) is 7.74. The zero-order chi connectivity index (χ0) is 20.9. The van der Waals surface area contributed by atoms with Crippen LogP contribution in [0.15, 0.2) is 53.4 Å². The highest BCUT2D eigenvalue weighted by atomic mass is 32.2. The lowest BCUT2D eigenvalue weighted by Gasteiger charge is -2.22. The van der Waals surface area contributed by atoms with Crippen molar-refractivity contribution < 1.29 is 17.6 Å². The molecule has 0 saturated carbocycles. The highest BCUT2D eigenvalue weighted by Gasteiger charge is 2.28. The molecule has 0 N–H and O–H groups in total. The highest BCUT2D eigenvalue weighted by Crippen LogP contribution is 2.19. The maximum atomic E-state index is 13.1. The van der Waals surface area contributed by atoms with Crippen molar-refractivity contribution in [3.05, 3.63) is 65.5 Å². The monoisotopic (exact) mass is 436 g/mol. The van der Waals surface area contributed by atoms with E-state index in [4.69, 9.17) is 0 Å².